The lowest BCUT2D eigenvalue weighted by Gasteiger charge is -2.37. The highest BCUT2D eigenvalue weighted by Gasteiger charge is 2.57. The summed E-state index contributed by atoms with van der Waals surface area (Å²) in [5.74, 6) is -10.6. The molecule has 0 saturated carbocycles. The van der Waals surface area contributed by atoms with E-state index >= 15 is 0 Å². The SMILES string of the molecule is CC1=CN2C[C@@]3(CCC(F)(F)c4c3ccnc4C)N=C2C(OC(F)F)=C1.CC1=CN2C[C@@]3(CCC(F)(F)c4c3ccnc4Cl)N=C2C(OC(F)F)=C1.[2H]C([2H])([2H])c1nccc2c1C(F)(F)CC[C@@]21CN2C=C(C(F)(F)F)C=C(OC(F)F)C2=N1. The monoisotopic (exact) mass is 1180 g/mol. The van der Waals surface area contributed by atoms with Crippen molar-refractivity contribution in [2.75, 3.05) is 19.6 Å². The van der Waals surface area contributed by atoms with Crippen LogP contribution < -0.4 is 0 Å². The number of aryl methyl sites for hydroxylation is 2. The molecule has 9 heterocycles. The van der Waals surface area contributed by atoms with Gasteiger partial charge in [-0.25, -0.2) is 31.3 Å². The van der Waals surface area contributed by atoms with Crippen LogP contribution >= 0.6 is 11.6 Å². The molecule has 28 heteroatoms. The fourth-order valence-corrected chi connectivity index (χ4v) is 11.9. The van der Waals surface area contributed by atoms with Crippen molar-refractivity contribution in [3.63, 3.8) is 0 Å². The number of halogens is 16. The summed E-state index contributed by atoms with van der Waals surface area (Å²) in [5, 5.41) is -0.261. The van der Waals surface area contributed by atoms with E-state index in [2.05, 4.69) is 44.1 Å². The van der Waals surface area contributed by atoms with Crippen LogP contribution in [0.2, 0.25) is 5.15 Å². The van der Waals surface area contributed by atoms with Gasteiger partial charge in [0.25, 0.3) is 17.8 Å². The van der Waals surface area contributed by atoms with E-state index in [-0.39, 0.29) is 94.4 Å². The molecule has 12 nitrogen and oxygen atoms in total. The Morgan fingerprint density at radius 3 is 1.28 bits per heavy atom. The molecule has 3 atom stereocenters. The summed E-state index contributed by atoms with van der Waals surface area (Å²) in [6.07, 6.45) is 4.52. The fraction of sp³-hybridized carbons (Fsp3) is 0.434. The molecule has 0 amide bonds. The van der Waals surface area contributed by atoms with Crippen LogP contribution in [0.15, 0.2) is 123 Å². The number of hydrogen-bond donors (Lipinski definition) is 0. The minimum Gasteiger partial charge on any atom is -0.431 e. The molecule has 0 saturated heterocycles. The Kier molecular flexibility index (Phi) is 13.2. The van der Waals surface area contributed by atoms with Gasteiger partial charge in [-0.3, -0.25) is 24.9 Å². The number of alkyl halides is 15. The summed E-state index contributed by atoms with van der Waals surface area (Å²) < 4.78 is 240. The quantitative estimate of drug-likeness (QED) is 0.176. The fourth-order valence-electron chi connectivity index (χ4n) is 11.6. The molecule has 6 aliphatic heterocycles. The first-order valence-corrected chi connectivity index (χ1v) is 25.0. The van der Waals surface area contributed by atoms with Gasteiger partial charge in [-0.05, 0) is 111 Å². The minimum absolute atomic E-state index is 0.0402. The second-order valence-corrected chi connectivity index (χ2v) is 20.7. The number of aliphatic imine (C=N–C) groups is 3. The van der Waals surface area contributed by atoms with Gasteiger partial charge in [0.2, 0.25) is 0 Å². The summed E-state index contributed by atoms with van der Waals surface area (Å²) in [6, 6.07) is 4.17. The molecule has 0 bridgehead atoms. The Labute approximate surface area is 460 Å². The molecule has 0 N–H and O–H groups in total. The average Bonchev–Trinajstić information content (AvgIpc) is 1.46. The van der Waals surface area contributed by atoms with Gasteiger partial charge in [0, 0.05) is 83.1 Å². The van der Waals surface area contributed by atoms with Crippen LogP contribution in [-0.4, -0.2) is 92.8 Å². The highest BCUT2D eigenvalue weighted by atomic mass is 35.5. The predicted octanol–water partition coefficient (Wildman–Crippen LogP) is 13.6. The molecular weight excluding hydrogens is 1130 g/mol. The molecule has 432 valence electrons. The number of hydrogen-bond acceptors (Lipinski definition) is 12. The highest BCUT2D eigenvalue weighted by Crippen LogP contribution is 2.56. The van der Waals surface area contributed by atoms with Crippen molar-refractivity contribution < 1.29 is 84.2 Å². The number of ether oxygens (including phenoxy) is 3. The number of rotatable bonds is 6. The summed E-state index contributed by atoms with van der Waals surface area (Å²) in [5.41, 5.74) is -4.81. The minimum atomic E-state index is -4.89. The van der Waals surface area contributed by atoms with Crippen molar-refractivity contribution in [2.24, 2.45) is 15.0 Å². The van der Waals surface area contributed by atoms with E-state index in [1.165, 1.54) is 30.6 Å². The number of pyridine rings is 3. The maximum atomic E-state index is 14.8. The first-order chi connectivity index (χ1) is 39.1. The van der Waals surface area contributed by atoms with Crippen LogP contribution in [0.5, 0.6) is 0 Å². The summed E-state index contributed by atoms with van der Waals surface area (Å²) in [7, 11) is 0. The maximum Gasteiger partial charge on any atom is 0.417 e. The number of allylic oxidation sites excluding steroid dienone is 6. The smallest absolute Gasteiger partial charge is 0.417 e. The van der Waals surface area contributed by atoms with Gasteiger partial charge in [0.15, 0.2) is 34.8 Å². The topological polar surface area (TPSA) is 113 Å². The maximum absolute atomic E-state index is 14.8. The predicted molar refractivity (Wildman–Crippen MR) is 261 cm³/mol. The number of amidine groups is 3. The molecule has 3 aliphatic carbocycles. The third-order valence-electron chi connectivity index (χ3n) is 14.9. The van der Waals surface area contributed by atoms with Gasteiger partial charge < -0.3 is 28.9 Å². The molecule has 3 aromatic rings. The molecule has 0 aromatic carbocycles. The van der Waals surface area contributed by atoms with Crippen molar-refractivity contribution in [3.8, 4) is 0 Å². The third kappa shape index (κ3) is 10.4. The Morgan fingerprint density at radius 2 is 0.877 bits per heavy atom. The highest BCUT2D eigenvalue weighted by molar-refractivity contribution is 6.30. The Balaban J connectivity index is 0.000000141. The van der Waals surface area contributed by atoms with E-state index in [1.807, 2.05) is 0 Å². The van der Waals surface area contributed by atoms with Crippen molar-refractivity contribution in [1.82, 2.24) is 29.7 Å². The summed E-state index contributed by atoms with van der Waals surface area (Å²) >= 11 is 5.96. The molecule has 9 aliphatic rings. The zero-order valence-corrected chi connectivity index (χ0v) is 43.1. The molecule has 0 radical (unpaired) electrons. The third-order valence-corrected chi connectivity index (χ3v) is 15.2. The van der Waals surface area contributed by atoms with E-state index in [9.17, 15) is 65.9 Å². The van der Waals surface area contributed by atoms with Gasteiger partial charge in [0.1, 0.15) is 21.8 Å². The first kappa shape index (κ1) is 53.3. The molecule has 12 rings (SSSR count). The Morgan fingerprint density at radius 1 is 0.519 bits per heavy atom. The molecule has 0 fully saturated rings. The second kappa shape index (κ2) is 20.1. The van der Waals surface area contributed by atoms with Crippen LogP contribution in [0, 0.1) is 13.8 Å². The number of fused-ring (bicyclic) bond motifs is 9. The lowest BCUT2D eigenvalue weighted by Crippen LogP contribution is -2.40. The van der Waals surface area contributed by atoms with Crippen LogP contribution in [0.3, 0.4) is 0 Å². The van der Waals surface area contributed by atoms with E-state index in [0.717, 1.165) is 22.7 Å². The first-order valence-electron chi connectivity index (χ1n) is 26.1. The summed E-state index contributed by atoms with van der Waals surface area (Å²) in [4.78, 5) is 29.1. The zero-order chi connectivity index (χ0) is 61.1. The van der Waals surface area contributed by atoms with Gasteiger partial charge in [-0.2, -0.15) is 39.5 Å². The molecule has 0 unspecified atom stereocenters. The van der Waals surface area contributed by atoms with Gasteiger partial charge in [-0.1, -0.05) is 11.6 Å². The summed E-state index contributed by atoms with van der Waals surface area (Å²) in [6.45, 7) is -7.24. The van der Waals surface area contributed by atoms with Crippen molar-refractivity contribution in [3.05, 3.63) is 158 Å². The second-order valence-electron chi connectivity index (χ2n) is 20.3. The van der Waals surface area contributed by atoms with Gasteiger partial charge in [0.05, 0.1) is 30.8 Å². The van der Waals surface area contributed by atoms with Crippen LogP contribution in [-0.2, 0) is 48.6 Å². The normalized spacial score (nSPS) is 26.7. The zero-order valence-electron chi connectivity index (χ0n) is 45.3. The van der Waals surface area contributed by atoms with Crippen molar-refractivity contribution in [2.45, 2.75) is 127 Å². The van der Waals surface area contributed by atoms with Crippen LogP contribution in [0.1, 0.15) is 101 Å². The van der Waals surface area contributed by atoms with E-state index in [1.54, 1.807) is 49.0 Å². The number of aromatic nitrogens is 3. The van der Waals surface area contributed by atoms with Crippen LogP contribution in [0.4, 0.5) is 65.9 Å². The lowest BCUT2D eigenvalue weighted by molar-refractivity contribution is -0.0981. The van der Waals surface area contributed by atoms with Crippen LogP contribution in [0.25, 0.3) is 0 Å². The van der Waals surface area contributed by atoms with E-state index in [4.69, 9.17) is 15.7 Å². The van der Waals surface area contributed by atoms with Gasteiger partial charge >= 0.3 is 26.0 Å². The molecule has 81 heavy (non-hydrogen) atoms. The molecular formula is C53H45ClF15N9O3. The molecule has 3 aromatic heterocycles. The molecule has 3 spiro atoms. The standard InChI is InChI=1S/C18H14F7N3O.C18H17F4N3O.C17H14ClF4N3O/c1-9-13-11(2-5-26-9)16(3-4-17(13,21)22)8-28-7-10(18(23,24)25)6-12(14(28)27-16)29-15(19)20;1-10-7-13(26-16(19)20)15-24-17(9-25(15)8-10)4-5-18(21,22)14-11(2)23-6-3-12(14)17;1-9-6-11(26-15(19)20)14-24-16(8-25(14)7-9)3-4-17(21,22)12-10(16)2-5-23-13(12)18/h2,5-7,15H,3-4,8H2,1H3;3,6-8,16H,4-5,9H2,1-2H3;2,5-7,15H,3-4,8H2,1H3/t16-;17-;16-/m111/s1/i1D3;;. The Bertz CT molecular complexity index is 3350. The number of nitrogens with zero attached hydrogens (tertiary/aromatic N) is 9. The average molecular weight is 1180 g/mol. The lowest BCUT2D eigenvalue weighted by atomic mass is 9.75. The Hall–Kier alpha value is -7.06. The van der Waals surface area contributed by atoms with Crippen molar-refractivity contribution >= 4 is 29.1 Å². The van der Waals surface area contributed by atoms with E-state index in [0.29, 0.717) is 30.0 Å². The van der Waals surface area contributed by atoms with E-state index < -0.39 is 109 Å². The van der Waals surface area contributed by atoms with Gasteiger partial charge in [-0.15, -0.1) is 0 Å². The largest absolute Gasteiger partial charge is 0.431 e. The van der Waals surface area contributed by atoms with Crippen molar-refractivity contribution in [1.29, 1.82) is 0 Å².